The van der Waals surface area contributed by atoms with Crippen LogP contribution in [-0.4, -0.2) is 9.97 Å². The van der Waals surface area contributed by atoms with Gasteiger partial charge in [-0.3, -0.25) is 0 Å². The highest BCUT2D eigenvalue weighted by molar-refractivity contribution is 6.37. The number of nitrogens with zero attached hydrogens (tertiary/aromatic N) is 2. The van der Waals surface area contributed by atoms with Gasteiger partial charge in [-0.1, -0.05) is 151 Å². The Morgan fingerprint density at radius 3 is 1.65 bits per heavy atom. The van der Waals surface area contributed by atoms with Crippen LogP contribution in [0.15, 0.2) is 164 Å². The molecule has 8 aromatic carbocycles. The number of pyridine rings is 2. The van der Waals surface area contributed by atoms with Crippen LogP contribution in [0.3, 0.4) is 0 Å². The molecule has 0 unspecified atom stereocenters. The number of fused-ring (bicyclic) bond motifs is 9. The van der Waals surface area contributed by atoms with E-state index in [1.54, 1.807) is 0 Å². The third kappa shape index (κ3) is 4.42. The zero-order chi connectivity index (χ0) is 32.5. The lowest BCUT2D eigenvalue weighted by Crippen LogP contribution is -1.92. The fraction of sp³-hybridized carbons (Fsp3) is 0. The summed E-state index contributed by atoms with van der Waals surface area (Å²) in [4.78, 5) is 10.4. The molecule has 0 amide bonds. The van der Waals surface area contributed by atoms with Crippen LogP contribution < -0.4 is 0 Å². The van der Waals surface area contributed by atoms with E-state index in [9.17, 15) is 0 Å². The lowest BCUT2D eigenvalue weighted by molar-refractivity contribution is 1.40. The fourth-order valence-electron chi connectivity index (χ4n) is 7.58. The van der Waals surface area contributed by atoms with Gasteiger partial charge >= 0.3 is 0 Å². The van der Waals surface area contributed by atoms with Crippen molar-refractivity contribution >= 4 is 76.5 Å². The summed E-state index contributed by atoms with van der Waals surface area (Å²) in [6, 6.07) is 57.8. The third-order valence-corrected chi connectivity index (χ3v) is 10.2. The topological polar surface area (TPSA) is 25.8 Å². The Balaban J connectivity index is 1.14. The van der Waals surface area contributed by atoms with Crippen molar-refractivity contribution in [1.82, 2.24) is 9.97 Å². The lowest BCUT2D eigenvalue weighted by Gasteiger charge is -2.16. The summed E-state index contributed by atoms with van der Waals surface area (Å²) in [7, 11) is 0. The Morgan fingerprint density at radius 1 is 0.367 bits per heavy atom. The van der Waals surface area contributed by atoms with Crippen LogP contribution in [0.25, 0.3) is 98.5 Å². The minimum Gasteiger partial charge on any atom is -0.247 e. The summed E-state index contributed by atoms with van der Waals surface area (Å²) in [5.74, 6) is 0. The highest BCUT2D eigenvalue weighted by Gasteiger charge is 2.17. The molecule has 228 valence electrons. The number of benzene rings is 8. The van der Waals surface area contributed by atoms with Gasteiger partial charge in [-0.15, -0.1) is 0 Å². The van der Waals surface area contributed by atoms with E-state index in [4.69, 9.17) is 21.6 Å². The monoisotopic (exact) mass is 642 g/mol. The molecule has 0 aliphatic rings. The molecule has 10 rings (SSSR count). The van der Waals surface area contributed by atoms with Crippen LogP contribution in [0.4, 0.5) is 0 Å². The number of aromatic nitrogens is 2. The molecule has 0 atom stereocenters. The minimum atomic E-state index is 0.684. The first kappa shape index (κ1) is 28.0. The molecule has 0 radical (unpaired) electrons. The standard InChI is InChI=1S/C46H27ClN2/c47-42-27-44(28-21-23-29(24-22-28)45-37-18-7-5-15-34(37)36-17-9-10-20-43(36)48-45)49-46-38-19-8-6-16-35(38)40(26-41(42)46)39-25-30-11-1-2-12-31(30)32-13-3-4-14-33(32)39/h1-27H. The first-order valence-corrected chi connectivity index (χ1v) is 16.9. The second kappa shape index (κ2) is 11.0. The number of rotatable bonds is 3. The van der Waals surface area contributed by atoms with Crippen molar-refractivity contribution in [2.45, 2.75) is 0 Å². The Labute approximate surface area is 287 Å². The Morgan fingerprint density at radius 2 is 0.898 bits per heavy atom. The molecule has 0 spiro atoms. The Kier molecular flexibility index (Phi) is 6.27. The van der Waals surface area contributed by atoms with Crippen molar-refractivity contribution < 1.29 is 0 Å². The molecule has 0 saturated carbocycles. The molecule has 2 aromatic heterocycles. The molecular formula is C46H27ClN2. The molecule has 3 heteroatoms. The van der Waals surface area contributed by atoms with Gasteiger partial charge in [0.25, 0.3) is 0 Å². The van der Waals surface area contributed by atoms with Gasteiger partial charge in [0.15, 0.2) is 0 Å². The van der Waals surface area contributed by atoms with Crippen molar-refractivity contribution in [3.8, 4) is 33.6 Å². The van der Waals surface area contributed by atoms with E-state index >= 15 is 0 Å². The molecule has 0 aliphatic heterocycles. The normalized spacial score (nSPS) is 11.8. The summed E-state index contributed by atoms with van der Waals surface area (Å²) in [5, 5.41) is 12.3. The predicted molar refractivity (Wildman–Crippen MR) is 208 cm³/mol. The van der Waals surface area contributed by atoms with Gasteiger partial charge in [-0.25, -0.2) is 9.97 Å². The molecule has 0 aliphatic carbocycles. The van der Waals surface area contributed by atoms with Crippen LogP contribution in [0, 0.1) is 0 Å². The average molecular weight is 643 g/mol. The van der Waals surface area contributed by atoms with Gasteiger partial charge in [-0.05, 0) is 67.7 Å². The summed E-state index contributed by atoms with van der Waals surface area (Å²) in [5.41, 5.74) is 8.13. The molecule has 0 N–H and O–H groups in total. The average Bonchev–Trinajstić information content (AvgIpc) is 3.17. The minimum absolute atomic E-state index is 0.684. The second-order valence-corrected chi connectivity index (χ2v) is 13.1. The van der Waals surface area contributed by atoms with Crippen LogP contribution in [0.1, 0.15) is 0 Å². The number of halogens is 1. The van der Waals surface area contributed by atoms with Crippen molar-refractivity contribution in [3.05, 3.63) is 169 Å². The quantitative estimate of drug-likeness (QED) is 0.179. The molecule has 0 fully saturated rings. The van der Waals surface area contributed by atoms with Gasteiger partial charge < -0.3 is 0 Å². The predicted octanol–water partition coefficient (Wildman–Crippen LogP) is 13.1. The Bertz CT molecular complexity index is 2950. The molecular weight excluding hydrogens is 616 g/mol. The molecule has 0 saturated heterocycles. The van der Waals surface area contributed by atoms with Crippen LogP contribution in [0.5, 0.6) is 0 Å². The zero-order valence-electron chi connectivity index (χ0n) is 26.4. The van der Waals surface area contributed by atoms with Gasteiger partial charge in [0.1, 0.15) is 0 Å². The van der Waals surface area contributed by atoms with E-state index < -0.39 is 0 Å². The summed E-state index contributed by atoms with van der Waals surface area (Å²) < 4.78 is 0. The van der Waals surface area contributed by atoms with Crippen LogP contribution in [0.2, 0.25) is 5.02 Å². The summed E-state index contributed by atoms with van der Waals surface area (Å²) in [6.45, 7) is 0. The third-order valence-electron chi connectivity index (χ3n) is 9.89. The number of hydrogen-bond donors (Lipinski definition) is 0. The molecule has 0 bridgehead atoms. The largest absolute Gasteiger partial charge is 0.247 e. The van der Waals surface area contributed by atoms with Crippen molar-refractivity contribution in [3.63, 3.8) is 0 Å². The maximum absolute atomic E-state index is 7.18. The molecule has 49 heavy (non-hydrogen) atoms. The van der Waals surface area contributed by atoms with Crippen LogP contribution >= 0.6 is 11.6 Å². The highest BCUT2D eigenvalue weighted by atomic mass is 35.5. The maximum Gasteiger partial charge on any atom is 0.0803 e. The van der Waals surface area contributed by atoms with E-state index in [0.29, 0.717) is 5.02 Å². The van der Waals surface area contributed by atoms with Gasteiger partial charge in [0, 0.05) is 32.7 Å². The van der Waals surface area contributed by atoms with Gasteiger partial charge in [-0.2, -0.15) is 0 Å². The van der Waals surface area contributed by atoms with Crippen molar-refractivity contribution in [1.29, 1.82) is 0 Å². The molecule has 10 aromatic rings. The Hall–Kier alpha value is -6.09. The van der Waals surface area contributed by atoms with Crippen molar-refractivity contribution in [2.24, 2.45) is 0 Å². The maximum atomic E-state index is 7.18. The van der Waals surface area contributed by atoms with E-state index in [2.05, 4.69) is 152 Å². The lowest BCUT2D eigenvalue weighted by atomic mass is 9.89. The first-order valence-electron chi connectivity index (χ1n) is 16.5. The summed E-state index contributed by atoms with van der Waals surface area (Å²) >= 11 is 7.18. The van der Waals surface area contributed by atoms with Gasteiger partial charge in [0.2, 0.25) is 0 Å². The van der Waals surface area contributed by atoms with Gasteiger partial charge in [0.05, 0.1) is 27.4 Å². The second-order valence-electron chi connectivity index (χ2n) is 12.6. The smallest absolute Gasteiger partial charge is 0.0803 e. The van der Waals surface area contributed by atoms with Crippen molar-refractivity contribution in [2.75, 3.05) is 0 Å². The number of hydrogen-bond acceptors (Lipinski definition) is 2. The molecule has 2 heterocycles. The van der Waals surface area contributed by atoms with E-state index in [1.807, 2.05) is 12.1 Å². The van der Waals surface area contributed by atoms with E-state index in [-0.39, 0.29) is 0 Å². The fourth-order valence-corrected chi connectivity index (χ4v) is 7.83. The van der Waals surface area contributed by atoms with E-state index in [1.165, 1.54) is 32.5 Å². The molecule has 2 nitrogen and oxygen atoms in total. The first-order chi connectivity index (χ1) is 24.2. The SMILES string of the molecule is Clc1cc(-c2ccc(-c3nc4ccccc4c4ccccc34)cc2)nc2c1cc(-c1cc3ccccc3c3ccccc13)c1ccccc12. The van der Waals surface area contributed by atoms with E-state index in [0.717, 1.165) is 66.0 Å². The zero-order valence-corrected chi connectivity index (χ0v) is 27.1. The highest BCUT2D eigenvalue weighted by Crippen LogP contribution is 2.42. The summed E-state index contributed by atoms with van der Waals surface area (Å²) in [6.07, 6.45) is 0. The van der Waals surface area contributed by atoms with Crippen LogP contribution in [-0.2, 0) is 0 Å². The number of para-hydroxylation sites is 1.